The number of hydrogen-bond acceptors (Lipinski definition) is 12. The maximum absolute atomic E-state index is 15.2. The molecule has 17 heteroatoms. The predicted molar refractivity (Wildman–Crippen MR) is 288 cm³/mol. The highest BCUT2D eigenvalue weighted by Gasteiger charge is 2.74. The van der Waals surface area contributed by atoms with Crippen LogP contribution in [0.2, 0.25) is 0 Å². The zero-order valence-electron chi connectivity index (χ0n) is 42.5. The number of hydrogen-bond donors (Lipinski definition) is 3. The number of halogens is 1. The van der Waals surface area contributed by atoms with E-state index in [0.29, 0.717) is 34.5 Å². The number of rotatable bonds is 17. The molecule has 0 bridgehead atoms. The summed E-state index contributed by atoms with van der Waals surface area (Å²) < 4.78 is 25.9. The molecule has 5 heterocycles. The molecule has 0 aliphatic carbocycles. The summed E-state index contributed by atoms with van der Waals surface area (Å²) in [5.41, 5.74) is 2.08. The first kappa shape index (κ1) is 52.4. The fraction of sp³-hybridized carbons (Fsp3) is 0.356. The molecule has 1 spiro atoms. The fourth-order valence-corrected chi connectivity index (χ4v) is 12.7. The summed E-state index contributed by atoms with van der Waals surface area (Å²) in [6.45, 7) is 4.29. The lowest BCUT2D eigenvalue weighted by Gasteiger charge is -2.46. The van der Waals surface area contributed by atoms with Crippen LogP contribution in [0.1, 0.15) is 77.7 Å². The van der Waals surface area contributed by atoms with Gasteiger partial charge in [0.15, 0.2) is 0 Å². The largest absolute Gasteiger partial charge is 0.508 e. The van der Waals surface area contributed by atoms with Gasteiger partial charge in [0.1, 0.15) is 66.9 Å². The number of cyclic esters (lactones) is 1. The maximum Gasteiger partial charge on any atom is 0.325 e. The van der Waals surface area contributed by atoms with Crippen molar-refractivity contribution in [3.63, 3.8) is 0 Å². The zero-order valence-corrected chi connectivity index (χ0v) is 44.7. The first-order chi connectivity index (χ1) is 36.6. The number of fused-ring (bicyclic) bond motifs is 4. The van der Waals surface area contributed by atoms with Crippen LogP contribution < -0.4 is 15.4 Å². The number of nitrogens with one attached hydrogen (secondary N) is 2. The van der Waals surface area contributed by atoms with E-state index in [2.05, 4.69) is 60.9 Å². The number of carbonyl (C=O) groups is 6. The van der Waals surface area contributed by atoms with E-state index in [1.54, 1.807) is 30.3 Å². The first-order valence-electron chi connectivity index (χ1n) is 25.7. The number of ether oxygens (including phenoxy) is 4. The fourth-order valence-electron chi connectivity index (χ4n) is 12.2. The molecule has 4 fully saturated rings. The second-order valence-corrected chi connectivity index (χ2v) is 22.4. The Balaban J connectivity index is 0.932. The minimum absolute atomic E-state index is 0.0222. The Morgan fingerprint density at radius 3 is 2.16 bits per heavy atom. The van der Waals surface area contributed by atoms with Gasteiger partial charge in [-0.25, -0.2) is 0 Å². The van der Waals surface area contributed by atoms with Crippen LogP contribution in [0.3, 0.4) is 0 Å². The number of piperazine rings is 1. The molecule has 0 saturated carbocycles. The van der Waals surface area contributed by atoms with Crippen molar-refractivity contribution in [1.82, 2.24) is 15.1 Å². The van der Waals surface area contributed by atoms with Gasteiger partial charge in [-0.3, -0.25) is 33.7 Å². The molecule has 10 atom stereocenters. The Bertz CT molecular complexity index is 3030. The lowest BCUT2D eigenvalue weighted by molar-refractivity contribution is -0.870. The third kappa shape index (κ3) is 9.72. The van der Waals surface area contributed by atoms with Gasteiger partial charge in [0.25, 0.3) is 0 Å². The van der Waals surface area contributed by atoms with E-state index in [0.717, 1.165) is 38.6 Å². The van der Waals surface area contributed by atoms with Crippen LogP contribution in [0.4, 0.5) is 5.69 Å². The van der Waals surface area contributed by atoms with Crippen LogP contribution in [-0.2, 0) is 48.4 Å². The van der Waals surface area contributed by atoms with Crippen LogP contribution in [0.25, 0.3) is 0 Å². The van der Waals surface area contributed by atoms with E-state index in [1.807, 2.05) is 89.8 Å². The molecule has 5 aliphatic heterocycles. The van der Waals surface area contributed by atoms with E-state index in [4.69, 9.17) is 18.9 Å². The average Bonchev–Trinajstić information content (AvgIpc) is 4.27. The van der Waals surface area contributed by atoms with Gasteiger partial charge >= 0.3 is 17.9 Å². The molecule has 76 heavy (non-hydrogen) atoms. The number of benzene rings is 5. The Morgan fingerprint density at radius 2 is 1.47 bits per heavy atom. The first-order valence-corrected chi connectivity index (χ1v) is 26.8. The van der Waals surface area contributed by atoms with Crippen molar-refractivity contribution >= 4 is 63.9 Å². The molecule has 5 aliphatic rings. The Hall–Kier alpha value is -7.09. The van der Waals surface area contributed by atoms with E-state index >= 15 is 4.79 Å². The second kappa shape index (κ2) is 21.5. The van der Waals surface area contributed by atoms with Gasteiger partial charge in [0, 0.05) is 9.26 Å². The molecule has 5 aromatic rings. The van der Waals surface area contributed by atoms with Gasteiger partial charge in [-0.15, -0.1) is 0 Å². The minimum atomic E-state index is -1.71. The summed E-state index contributed by atoms with van der Waals surface area (Å²) in [4.78, 5) is 90.4. The number of nitrogens with zero attached hydrogens (tertiary/aromatic N) is 3. The standard InChI is InChI=1S/C59H60IN5O11/c1-5-30-74-56(70)47-50-57(71)76-51(37-16-10-7-11-17-37)49(35-14-8-6-9-15-35)64(50)52(59(47)43-33-39(60)23-28-44(43)62-58(59)72)38-21-26-41(27-22-38)73-31-32-75-55(69)42-34-46-53(67)61-45(18-12-13-29-65(2,3)4)54(68)63(46)48(42)36-19-24-40(66)25-20-36/h5-11,14-17,19-28,33,42,45-52H,1,12-13,18,29-32,34H2,2-4H3,(H2-,61,62,66,67,72)/p+1/t42-,45+,46-,47-,48-,49-,50-,51+,52-,59-/m1/s1. The molecule has 394 valence electrons. The normalized spacial score (nSPS) is 26.7. The molecular weight excluding hydrogens is 1080 g/mol. The van der Waals surface area contributed by atoms with E-state index < -0.39 is 83.4 Å². The third-order valence-corrected chi connectivity index (χ3v) is 16.1. The Morgan fingerprint density at radius 1 is 0.803 bits per heavy atom. The number of morpholine rings is 1. The summed E-state index contributed by atoms with van der Waals surface area (Å²) >= 11 is 2.18. The highest BCUT2D eigenvalue weighted by molar-refractivity contribution is 14.1. The number of phenols is 1. The molecule has 3 N–H and O–H groups in total. The van der Waals surface area contributed by atoms with Gasteiger partial charge in [-0.2, -0.15) is 0 Å². The SMILES string of the molecule is C=CCOC(=O)[C@H]1[C@@H]2C(=O)O[C@@H](c3ccccc3)[C@@H](c3ccccc3)N2[C@H](c2ccc(OCCOC(=O)[C@@H]3C[C@@H]4C(=O)N[C@@H](CCCC[N+](C)(C)C)C(=O)N4[C@@H]3c3ccc(O)cc3)cc2)[C@]12C(=O)Nc1ccc(I)cc12. The smallest absolute Gasteiger partial charge is 0.325 e. The quantitative estimate of drug-likeness (QED) is 0.0212. The number of phenolic OH excluding ortho intramolecular Hbond substituents is 1. The monoisotopic (exact) mass is 1140 g/mol. The van der Waals surface area contributed by atoms with Gasteiger partial charge in [0.05, 0.1) is 51.7 Å². The highest BCUT2D eigenvalue weighted by Crippen LogP contribution is 2.65. The van der Waals surface area contributed by atoms with E-state index in [-0.39, 0.29) is 43.8 Å². The number of quaternary nitrogens is 1. The summed E-state index contributed by atoms with van der Waals surface area (Å²) in [5, 5.41) is 16.1. The maximum atomic E-state index is 15.2. The molecular formula is C59H61IN5O11+. The molecule has 0 aromatic heterocycles. The van der Waals surface area contributed by atoms with Crippen LogP contribution in [-0.4, -0.2) is 121 Å². The van der Waals surface area contributed by atoms with E-state index in [9.17, 15) is 29.1 Å². The zero-order chi connectivity index (χ0) is 53.5. The third-order valence-electron chi connectivity index (χ3n) is 15.4. The van der Waals surface area contributed by atoms with Gasteiger partial charge in [0.2, 0.25) is 17.7 Å². The molecule has 4 saturated heterocycles. The minimum Gasteiger partial charge on any atom is -0.508 e. The number of unbranched alkanes of at least 4 members (excludes halogenated alkanes) is 1. The van der Waals surface area contributed by atoms with Crippen molar-refractivity contribution < 1.29 is 57.3 Å². The van der Waals surface area contributed by atoms with Crippen LogP contribution in [0.15, 0.2) is 140 Å². The van der Waals surface area contributed by atoms with Crippen LogP contribution >= 0.6 is 22.6 Å². The molecule has 0 radical (unpaired) electrons. The van der Waals surface area contributed by atoms with Crippen molar-refractivity contribution in [3.8, 4) is 11.5 Å². The number of amides is 3. The van der Waals surface area contributed by atoms with E-state index in [1.165, 1.54) is 23.1 Å². The lowest BCUT2D eigenvalue weighted by atomic mass is 9.65. The van der Waals surface area contributed by atoms with Gasteiger partial charge in [-0.05, 0) is 119 Å². The summed E-state index contributed by atoms with van der Waals surface area (Å²) in [6, 6.07) is 32.6. The molecule has 10 rings (SSSR count). The topological polar surface area (TPSA) is 190 Å². The van der Waals surface area contributed by atoms with Gasteiger partial charge < -0.3 is 44.1 Å². The second-order valence-electron chi connectivity index (χ2n) is 21.1. The number of anilines is 1. The Labute approximate surface area is 455 Å². The van der Waals surface area contributed by atoms with Crippen LogP contribution in [0.5, 0.6) is 11.5 Å². The van der Waals surface area contributed by atoms with Crippen molar-refractivity contribution in [1.29, 1.82) is 0 Å². The van der Waals surface area contributed by atoms with Crippen LogP contribution in [0, 0.1) is 15.4 Å². The number of aromatic hydroxyl groups is 1. The molecule has 16 nitrogen and oxygen atoms in total. The lowest BCUT2D eigenvalue weighted by Crippen LogP contribution is -2.61. The summed E-state index contributed by atoms with van der Waals surface area (Å²) in [7, 11) is 6.32. The summed E-state index contributed by atoms with van der Waals surface area (Å²) in [6.07, 6.45) is 2.74. The molecule has 5 aromatic carbocycles. The molecule has 3 amide bonds. The molecule has 0 unspecified atom stereocenters. The Kier molecular flexibility index (Phi) is 14.8. The van der Waals surface area contributed by atoms with Gasteiger partial charge in [-0.1, -0.05) is 97.6 Å². The number of carbonyl (C=O) groups excluding carboxylic acids is 6. The number of esters is 3. The van der Waals surface area contributed by atoms with Crippen molar-refractivity contribution in [2.45, 2.75) is 73.5 Å². The predicted octanol–water partition coefficient (Wildman–Crippen LogP) is 7.25. The highest BCUT2D eigenvalue weighted by atomic mass is 127. The average molecular weight is 1140 g/mol. The van der Waals surface area contributed by atoms with Crippen molar-refractivity contribution in [2.75, 3.05) is 52.8 Å². The summed E-state index contributed by atoms with van der Waals surface area (Å²) in [5.74, 6) is -4.88. The van der Waals surface area contributed by atoms with Crippen molar-refractivity contribution in [3.05, 3.63) is 171 Å². The van der Waals surface area contributed by atoms with Crippen molar-refractivity contribution in [2.24, 2.45) is 11.8 Å².